The lowest BCUT2D eigenvalue weighted by molar-refractivity contribution is -0.279. The highest BCUT2D eigenvalue weighted by Crippen LogP contribution is 2.25. The summed E-state index contributed by atoms with van der Waals surface area (Å²) in [7, 11) is 0. The van der Waals surface area contributed by atoms with Gasteiger partial charge in [-0.25, -0.2) is 0 Å². The van der Waals surface area contributed by atoms with Gasteiger partial charge in [0.2, 0.25) is 23.6 Å². The van der Waals surface area contributed by atoms with Crippen LogP contribution >= 0.6 is 0 Å². The van der Waals surface area contributed by atoms with E-state index >= 15 is 0 Å². The summed E-state index contributed by atoms with van der Waals surface area (Å²) in [5.41, 5.74) is 5.96. The van der Waals surface area contributed by atoms with E-state index in [4.69, 9.17) is 25.1 Å². The number of benzene rings is 1. The lowest BCUT2D eigenvalue weighted by Crippen LogP contribution is -2.65. The number of nitrogens with two attached hydrogens (primary N) is 1. The van der Waals surface area contributed by atoms with E-state index in [2.05, 4.69) is 16.0 Å². The van der Waals surface area contributed by atoms with E-state index in [0.29, 0.717) is 0 Å². The zero-order chi connectivity index (χ0) is 30.5. The number of nitrogens with one attached hydrogen (secondary N) is 3. The molecule has 0 unspecified atom stereocenters. The van der Waals surface area contributed by atoms with Gasteiger partial charge in [0, 0.05) is 13.3 Å². The zero-order valence-corrected chi connectivity index (χ0v) is 22.3. The maximum atomic E-state index is 12.6. The van der Waals surface area contributed by atoms with Crippen LogP contribution in [0, 0.1) is 0 Å². The molecular weight excluding hydrogens is 548 g/mol. The molecule has 0 aromatic heterocycles. The molecule has 1 fully saturated rings. The molecule has 16 heteroatoms. The number of carbonyl (C=O) groups excluding carboxylic acids is 4. The first kappa shape index (κ1) is 33.5. The van der Waals surface area contributed by atoms with E-state index in [0.717, 1.165) is 5.56 Å². The lowest BCUT2D eigenvalue weighted by atomic mass is 9.96. The third-order valence-electron chi connectivity index (χ3n) is 6.03. The average molecular weight is 585 g/mol. The van der Waals surface area contributed by atoms with Gasteiger partial charge in [-0.05, 0) is 12.0 Å². The molecule has 1 heterocycles. The van der Waals surface area contributed by atoms with Crippen LogP contribution in [0.25, 0.3) is 0 Å². The van der Waals surface area contributed by atoms with E-state index in [1.165, 1.54) is 6.92 Å². The van der Waals surface area contributed by atoms with Crippen LogP contribution in [-0.4, -0.2) is 113 Å². The third-order valence-corrected chi connectivity index (χ3v) is 6.03. The normalized spacial score (nSPS) is 23.6. The molecule has 0 radical (unpaired) electrons. The number of carboxylic acid groups (broad SMARTS) is 1. The summed E-state index contributed by atoms with van der Waals surface area (Å²) in [4.78, 5) is 59.3. The number of aliphatic hydroxyl groups is 3. The van der Waals surface area contributed by atoms with Crippen molar-refractivity contribution in [2.24, 2.45) is 5.73 Å². The van der Waals surface area contributed by atoms with Crippen molar-refractivity contribution in [3.63, 3.8) is 0 Å². The third kappa shape index (κ3) is 10.7. The molecule has 1 saturated heterocycles. The van der Waals surface area contributed by atoms with Gasteiger partial charge in [-0.15, -0.1) is 0 Å². The van der Waals surface area contributed by atoms with Crippen molar-refractivity contribution in [2.75, 3.05) is 19.8 Å². The van der Waals surface area contributed by atoms with Crippen molar-refractivity contribution in [1.29, 1.82) is 0 Å². The predicted molar refractivity (Wildman–Crippen MR) is 137 cm³/mol. The number of rotatable bonds is 16. The first-order valence-electron chi connectivity index (χ1n) is 12.7. The lowest BCUT2D eigenvalue weighted by Gasteiger charge is -2.44. The van der Waals surface area contributed by atoms with Crippen LogP contribution in [-0.2, 0) is 44.8 Å². The predicted octanol–water partition coefficient (Wildman–Crippen LogP) is -3.52. The Morgan fingerprint density at radius 3 is 2.29 bits per heavy atom. The van der Waals surface area contributed by atoms with Gasteiger partial charge in [-0.1, -0.05) is 30.3 Å². The second-order valence-corrected chi connectivity index (χ2v) is 9.21. The highest BCUT2D eigenvalue weighted by molar-refractivity contribution is 5.92. The first-order valence-corrected chi connectivity index (χ1v) is 12.7. The molecule has 0 saturated carbocycles. The summed E-state index contributed by atoms with van der Waals surface area (Å²) in [5.74, 6) is -4.69. The molecule has 16 nitrogen and oxygen atoms in total. The second kappa shape index (κ2) is 16.6. The highest BCUT2D eigenvalue weighted by atomic mass is 16.7. The zero-order valence-electron chi connectivity index (χ0n) is 22.3. The van der Waals surface area contributed by atoms with Gasteiger partial charge in [0.1, 0.15) is 43.0 Å². The minimum atomic E-state index is -1.56. The molecule has 1 aromatic carbocycles. The van der Waals surface area contributed by atoms with Crippen LogP contribution < -0.4 is 21.7 Å². The number of aliphatic carboxylic acids is 1. The van der Waals surface area contributed by atoms with Crippen LogP contribution in [0.3, 0.4) is 0 Å². The van der Waals surface area contributed by atoms with Crippen molar-refractivity contribution in [2.45, 2.75) is 69.1 Å². The summed E-state index contributed by atoms with van der Waals surface area (Å²) in [6.45, 7) is -1.04. The van der Waals surface area contributed by atoms with E-state index in [1.807, 2.05) is 6.07 Å². The number of primary amides is 1. The van der Waals surface area contributed by atoms with Crippen molar-refractivity contribution in [1.82, 2.24) is 16.0 Å². The summed E-state index contributed by atoms with van der Waals surface area (Å²) >= 11 is 0. The average Bonchev–Trinajstić information content (AvgIpc) is 2.93. The maximum Gasteiger partial charge on any atom is 0.303 e. The van der Waals surface area contributed by atoms with Crippen LogP contribution in [0.1, 0.15) is 25.3 Å². The van der Waals surface area contributed by atoms with Gasteiger partial charge in [0.25, 0.3) is 0 Å². The van der Waals surface area contributed by atoms with Gasteiger partial charge in [0.15, 0.2) is 6.29 Å². The molecule has 0 bridgehead atoms. The van der Waals surface area contributed by atoms with Crippen LogP contribution in [0.15, 0.2) is 30.3 Å². The monoisotopic (exact) mass is 584 g/mol. The van der Waals surface area contributed by atoms with Crippen molar-refractivity contribution in [3.8, 4) is 0 Å². The van der Waals surface area contributed by atoms with Crippen molar-refractivity contribution < 1.29 is 58.6 Å². The number of hydrogen-bond acceptors (Lipinski definition) is 11. The number of aliphatic hydroxyl groups excluding tert-OH is 3. The summed E-state index contributed by atoms with van der Waals surface area (Å²) in [5, 5.41) is 45.8. The number of ether oxygens (including phenoxy) is 3. The topological polar surface area (TPSA) is 256 Å². The number of carbonyl (C=O) groups is 5. The highest BCUT2D eigenvalue weighted by Gasteiger charge is 2.47. The van der Waals surface area contributed by atoms with Gasteiger partial charge < -0.3 is 56.3 Å². The summed E-state index contributed by atoms with van der Waals surface area (Å²) < 4.78 is 17.0. The Hall–Kier alpha value is -3.67. The Morgan fingerprint density at radius 1 is 1.05 bits per heavy atom. The molecule has 41 heavy (non-hydrogen) atoms. The Morgan fingerprint density at radius 2 is 1.73 bits per heavy atom. The molecule has 0 aliphatic carbocycles. The standard InChI is InChI=1S/C25H36N4O12/c1-13(32)27-20-22(21(36)17(10-31)41-25(20)40-11-14-5-3-2-4-6-14)39-12-18(33)28-16(9-30)24(38)29-15(23(26)37)7-8-19(34)35/h2-6,15-17,20-22,25,30-31,36H,7-12H2,1H3,(H2,26,37)(H,27,32)(H,28,33)(H,29,38)(H,34,35)/t15-,16-,17-,20-,21-,22-,25+/m1/s1. The second-order valence-electron chi connectivity index (χ2n) is 9.21. The molecule has 2 rings (SSSR count). The largest absolute Gasteiger partial charge is 0.481 e. The fourth-order valence-corrected chi connectivity index (χ4v) is 3.98. The molecule has 1 aromatic rings. The molecule has 1 aliphatic rings. The maximum absolute atomic E-state index is 12.6. The van der Waals surface area contributed by atoms with Crippen LogP contribution in [0.2, 0.25) is 0 Å². The fourth-order valence-electron chi connectivity index (χ4n) is 3.98. The van der Waals surface area contributed by atoms with E-state index in [9.17, 15) is 39.3 Å². The molecule has 228 valence electrons. The SMILES string of the molecule is CC(=O)N[C@H]1[C@@H](OCc2ccccc2)O[C@H](CO)[C@@H](O)[C@@H]1OCC(=O)N[C@H](CO)C(=O)N[C@H](CCC(=O)O)C(N)=O. The van der Waals surface area contributed by atoms with E-state index in [-0.39, 0.29) is 13.0 Å². The van der Waals surface area contributed by atoms with Gasteiger partial charge in [-0.3, -0.25) is 24.0 Å². The summed E-state index contributed by atoms with van der Waals surface area (Å²) in [6.07, 6.45) is -5.98. The Kier molecular flexibility index (Phi) is 13.5. The molecular formula is C25H36N4O12. The quantitative estimate of drug-likeness (QED) is 0.0941. The Bertz CT molecular complexity index is 1040. The minimum Gasteiger partial charge on any atom is -0.481 e. The minimum absolute atomic E-state index is 0.0507. The van der Waals surface area contributed by atoms with Gasteiger partial charge >= 0.3 is 5.97 Å². The smallest absolute Gasteiger partial charge is 0.303 e. The summed E-state index contributed by atoms with van der Waals surface area (Å²) in [6, 6.07) is 4.94. The Balaban J connectivity index is 2.08. The Labute approximate surface area is 235 Å². The van der Waals surface area contributed by atoms with Crippen LogP contribution in [0.4, 0.5) is 0 Å². The molecule has 0 spiro atoms. The van der Waals surface area contributed by atoms with Gasteiger partial charge in [0.05, 0.1) is 19.8 Å². The number of amides is 4. The van der Waals surface area contributed by atoms with E-state index in [1.54, 1.807) is 24.3 Å². The molecule has 9 N–H and O–H groups in total. The molecule has 4 amide bonds. The number of hydrogen-bond donors (Lipinski definition) is 8. The number of carboxylic acids is 1. The van der Waals surface area contributed by atoms with Crippen molar-refractivity contribution >= 4 is 29.6 Å². The molecule has 1 aliphatic heterocycles. The van der Waals surface area contributed by atoms with Gasteiger partial charge in [-0.2, -0.15) is 0 Å². The van der Waals surface area contributed by atoms with Crippen molar-refractivity contribution in [3.05, 3.63) is 35.9 Å². The fraction of sp³-hybridized carbons (Fsp3) is 0.560. The first-order chi connectivity index (χ1) is 19.5. The molecule has 7 atom stereocenters. The van der Waals surface area contributed by atoms with E-state index < -0.39 is 98.6 Å². The van der Waals surface area contributed by atoms with Crippen LogP contribution in [0.5, 0.6) is 0 Å².